The topological polar surface area (TPSA) is 42.2 Å². The van der Waals surface area contributed by atoms with Crippen molar-refractivity contribution in [1.29, 1.82) is 0 Å². The number of aryl methyl sites for hydroxylation is 3. The average molecular weight is 437 g/mol. The number of nitrogens with zero attached hydrogens (tertiary/aromatic N) is 1. The van der Waals surface area contributed by atoms with E-state index < -0.39 is 17.7 Å². The third-order valence-corrected chi connectivity index (χ3v) is 5.58. The molecule has 0 unspecified atom stereocenters. The zero-order valence-corrected chi connectivity index (χ0v) is 17.3. The molecule has 0 fully saturated rings. The first-order valence-corrected chi connectivity index (χ1v) is 10.4. The number of halogens is 3. The van der Waals surface area contributed by atoms with Gasteiger partial charge in [0.2, 0.25) is 0 Å². The van der Waals surface area contributed by atoms with Crippen molar-refractivity contribution in [3.8, 4) is 5.69 Å². The van der Waals surface area contributed by atoms with Gasteiger partial charge in [0.05, 0.1) is 11.1 Å². The highest BCUT2D eigenvalue weighted by Gasteiger charge is 2.30. The summed E-state index contributed by atoms with van der Waals surface area (Å²) in [5.74, 6) is -0.850. The number of carboxylic acids is 1. The molecule has 0 aliphatic heterocycles. The quantitative estimate of drug-likeness (QED) is 0.361. The first-order valence-electron chi connectivity index (χ1n) is 10.4. The third kappa shape index (κ3) is 4.85. The average Bonchev–Trinajstić information content (AvgIpc) is 3.14. The normalized spacial score (nSPS) is 11.7. The van der Waals surface area contributed by atoms with E-state index in [2.05, 4.69) is 12.1 Å². The number of hydrogen-bond acceptors (Lipinski definition) is 1. The Hall–Kier alpha value is -3.54. The Morgan fingerprint density at radius 2 is 1.56 bits per heavy atom. The molecule has 4 rings (SSSR count). The van der Waals surface area contributed by atoms with Gasteiger partial charge in [0.15, 0.2) is 0 Å². The molecule has 0 radical (unpaired) electrons. The number of rotatable bonds is 7. The number of carbonyl (C=O) groups is 1. The highest BCUT2D eigenvalue weighted by atomic mass is 19.4. The fourth-order valence-corrected chi connectivity index (χ4v) is 3.90. The molecule has 0 saturated heterocycles. The first kappa shape index (κ1) is 21.7. The number of alkyl halides is 3. The first-order chi connectivity index (χ1) is 15.3. The molecule has 0 amide bonds. The second-order valence-corrected chi connectivity index (χ2v) is 7.80. The molecule has 0 aliphatic rings. The van der Waals surface area contributed by atoms with Crippen LogP contribution in [-0.4, -0.2) is 15.6 Å². The number of aliphatic carboxylic acids is 1. The molecular formula is C26H22F3NO2. The maximum atomic E-state index is 13.0. The van der Waals surface area contributed by atoms with Crippen molar-refractivity contribution >= 4 is 16.9 Å². The summed E-state index contributed by atoms with van der Waals surface area (Å²) in [6.45, 7) is 0. The molecule has 1 aromatic heterocycles. The van der Waals surface area contributed by atoms with E-state index in [0.29, 0.717) is 12.1 Å². The number of fused-ring (bicyclic) bond motifs is 1. The lowest BCUT2D eigenvalue weighted by atomic mass is 10.0. The summed E-state index contributed by atoms with van der Waals surface area (Å²) in [5.41, 5.74) is 4.04. The van der Waals surface area contributed by atoms with Gasteiger partial charge in [0.1, 0.15) is 0 Å². The van der Waals surface area contributed by atoms with Crippen LogP contribution in [-0.2, 0) is 30.2 Å². The Morgan fingerprint density at radius 1 is 0.844 bits per heavy atom. The van der Waals surface area contributed by atoms with Gasteiger partial charge in [-0.05, 0) is 72.4 Å². The minimum absolute atomic E-state index is 0.0461. The van der Waals surface area contributed by atoms with Crippen molar-refractivity contribution < 1.29 is 23.1 Å². The number of benzene rings is 3. The van der Waals surface area contributed by atoms with Gasteiger partial charge in [-0.15, -0.1) is 0 Å². The van der Waals surface area contributed by atoms with Crippen molar-refractivity contribution in [1.82, 2.24) is 4.57 Å². The van der Waals surface area contributed by atoms with Crippen molar-refractivity contribution in [3.63, 3.8) is 0 Å². The highest BCUT2D eigenvalue weighted by molar-refractivity contribution is 5.86. The van der Waals surface area contributed by atoms with Crippen LogP contribution in [0.25, 0.3) is 16.6 Å². The monoisotopic (exact) mass is 437 g/mol. The van der Waals surface area contributed by atoms with Crippen LogP contribution in [0.2, 0.25) is 0 Å². The molecule has 3 aromatic carbocycles. The number of aromatic nitrogens is 1. The van der Waals surface area contributed by atoms with Crippen LogP contribution < -0.4 is 0 Å². The lowest BCUT2D eigenvalue weighted by Gasteiger charge is -2.09. The SMILES string of the molecule is O=C(O)CCc1ccc2c(c1)c(CCc1ccccc1)cn2-c1ccc(C(F)(F)F)cc1. The number of carboxylic acid groups (broad SMARTS) is 1. The largest absolute Gasteiger partial charge is 0.481 e. The van der Waals surface area contributed by atoms with Gasteiger partial charge in [0.25, 0.3) is 0 Å². The summed E-state index contributed by atoms with van der Waals surface area (Å²) in [7, 11) is 0. The van der Waals surface area contributed by atoms with Crippen LogP contribution in [0.5, 0.6) is 0 Å². The lowest BCUT2D eigenvalue weighted by molar-refractivity contribution is -0.138. The third-order valence-electron chi connectivity index (χ3n) is 5.58. The Balaban J connectivity index is 1.72. The van der Waals surface area contributed by atoms with Crippen LogP contribution in [0.4, 0.5) is 13.2 Å². The summed E-state index contributed by atoms with van der Waals surface area (Å²) in [6.07, 6.45) is -0.351. The summed E-state index contributed by atoms with van der Waals surface area (Å²) in [6, 6.07) is 21.0. The zero-order valence-electron chi connectivity index (χ0n) is 17.3. The molecule has 164 valence electrons. The van der Waals surface area contributed by atoms with Crippen LogP contribution in [0, 0.1) is 0 Å². The van der Waals surface area contributed by atoms with Gasteiger partial charge < -0.3 is 9.67 Å². The second kappa shape index (κ2) is 8.91. The predicted molar refractivity (Wildman–Crippen MR) is 118 cm³/mol. The van der Waals surface area contributed by atoms with Gasteiger partial charge in [-0.2, -0.15) is 13.2 Å². The van der Waals surface area contributed by atoms with Gasteiger partial charge in [-0.3, -0.25) is 4.79 Å². The Kier molecular flexibility index (Phi) is 6.04. The molecule has 0 aliphatic carbocycles. The minimum atomic E-state index is -4.38. The minimum Gasteiger partial charge on any atom is -0.481 e. The maximum Gasteiger partial charge on any atom is 0.416 e. The van der Waals surface area contributed by atoms with Crippen LogP contribution in [0.3, 0.4) is 0 Å². The Labute approximate surface area is 183 Å². The smallest absolute Gasteiger partial charge is 0.416 e. The Bertz CT molecular complexity index is 1230. The molecule has 0 saturated carbocycles. The molecule has 0 spiro atoms. The fourth-order valence-electron chi connectivity index (χ4n) is 3.90. The molecular weight excluding hydrogens is 415 g/mol. The Morgan fingerprint density at radius 3 is 2.22 bits per heavy atom. The van der Waals surface area contributed by atoms with Gasteiger partial charge in [-0.1, -0.05) is 36.4 Å². The molecule has 6 heteroatoms. The summed E-state index contributed by atoms with van der Waals surface area (Å²) in [4.78, 5) is 11.0. The molecule has 4 aromatic rings. The van der Waals surface area contributed by atoms with Crippen LogP contribution in [0.15, 0.2) is 79.0 Å². The van der Waals surface area contributed by atoms with E-state index in [4.69, 9.17) is 5.11 Å². The van der Waals surface area contributed by atoms with E-state index in [-0.39, 0.29) is 6.42 Å². The number of hydrogen-bond donors (Lipinski definition) is 1. The predicted octanol–water partition coefficient (Wildman–Crippen LogP) is 6.45. The van der Waals surface area contributed by atoms with E-state index >= 15 is 0 Å². The van der Waals surface area contributed by atoms with Gasteiger partial charge >= 0.3 is 12.1 Å². The van der Waals surface area contributed by atoms with Crippen molar-refractivity contribution in [2.24, 2.45) is 0 Å². The van der Waals surface area contributed by atoms with Crippen molar-refractivity contribution in [2.75, 3.05) is 0 Å². The molecule has 3 nitrogen and oxygen atoms in total. The van der Waals surface area contributed by atoms with Crippen LogP contribution >= 0.6 is 0 Å². The van der Waals surface area contributed by atoms with Crippen molar-refractivity contribution in [3.05, 3.63) is 101 Å². The lowest BCUT2D eigenvalue weighted by Crippen LogP contribution is -2.04. The second-order valence-electron chi connectivity index (χ2n) is 7.80. The molecule has 0 bridgehead atoms. The van der Waals surface area contributed by atoms with Gasteiger partial charge in [0, 0.05) is 23.7 Å². The van der Waals surface area contributed by atoms with E-state index in [1.54, 1.807) is 0 Å². The fraction of sp³-hybridized carbons (Fsp3) is 0.192. The summed E-state index contributed by atoms with van der Waals surface area (Å²) < 4.78 is 40.8. The molecule has 1 N–H and O–H groups in total. The van der Waals surface area contributed by atoms with E-state index in [1.807, 2.05) is 47.2 Å². The van der Waals surface area contributed by atoms with E-state index in [0.717, 1.165) is 47.0 Å². The maximum absolute atomic E-state index is 13.0. The van der Waals surface area contributed by atoms with Crippen molar-refractivity contribution in [2.45, 2.75) is 31.9 Å². The highest BCUT2D eigenvalue weighted by Crippen LogP contribution is 2.32. The zero-order chi connectivity index (χ0) is 22.7. The molecule has 32 heavy (non-hydrogen) atoms. The van der Waals surface area contributed by atoms with E-state index in [1.165, 1.54) is 17.7 Å². The van der Waals surface area contributed by atoms with Crippen LogP contribution in [0.1, 0.15) is 28.7 Å². The molecule has 1 heterocycles. The summed E-state index contributed by atoms with van der Waals surface area (Å²) >= 11 is 0. The summed E-state index contributed by atoms with van der Waals surface area (Å²) in [5, 5.41) is 9.99. The van der Waals surface area contributed by atoms with Gasteiger partial charge in [-0.25, -0.2) is 0 Å². The van der Waals surface area contributed by atoms with E-state index in [9.17, 15) is 18.0 Å². The molecule has 0 atom stereocenters. The standard InChI is InChI=1S/C26H22F3NO2/c27-26(28,29)21-10-12-22(13-11-21)30-17-20(9-6-18-4-2-1-3-5-18)23-16-19(7-14-24(23)30)8-15-25(31)32/h1-5,7,10-14,16-17H,6,8-9,15H2,(H,31,32).